The molecule has 1 aromatic rings. The van der Waals surface area contributed by atoms with Gasteiger partial charge >= 0.3 is 5.69 Å². The van der Waals surface area contributed by atoms with Gasteiger partial charge in [0.25, 0.3) is 5.56 Å². The quantitative estimate of drug-likeness (QED) is 0.763. The fourth-order valence-corrected chi connectivity index (χ4v) is 1.58. The van der Waals surface area contributed by atoms with Crippen molar-refractivity contribution in [3.05, 3.63) is 27.0 Å². The third-order valence-corrected chi connectivity index (χ3v) is 2.33. The molecule has 0 spiro atoms. The SMILES string of the molecule is CCCC(C)Cn1cc(N)c(=O)[nH]c1=O. The molecule has 1 aromatic heterocycles. The standard InChI is InChI=1S/C10H17N3O2/c1-3-4-7(2)5-13-6-8(11)9(14)12-10(13)15/h6-7H,3-5,11H2,1-2H3,(H,12,14,15). The molecule has 1 heterocycles. The van der Waals surface area contributed by atoms with Gasteiger partial charge in [-0.3, -0.25) is 14.3 Å². The smallest absolute Gasteiger partial charge is 0.328 e. The van der Waals surface area contributed by atoms with Crippen molar-refractivity contribution < 1.29 is 0 Å². The van der Waals surface area contributed by atoms with Crippen LogP contribution in [-0.4, -0.2) is 9.55 Å². The van der Waals surface area contributed by atoms with Gasteiger partial charge in [0.2, 0.25) is 0 Å². The van der Waals surface area contributed by atoms with E-state index in [1.807, 2.05) is 0 Å². The van der Waals surface area contributed by atoms with Gasteiger partial charge in [-0.15, -0.1) is 0 Å². The number of H-pyrrole nitrogens is 1. The molecule has 0 saturated carbocycles. The summed E-state index contributed by atoms with van der Waals surface area (Å²) in [5.41, 5.74) is 4.61. The van der Waals surface area contributed by atoms with Crippen LogP contribution in [0.5, 0.6) is 0 Å². The Labute approximate surface area is 87.9 Å². The lowest BCUT2D eigenvalue weighted by atomic mass is 10.1. The molecule has 84 valence electrons. The van der Waals surface area contributed by atoms with Gasteiger partial charge in [0.05, 0.1) is 0 Å². The van der Waals surface area contributed by atoms with Crippen molar-refractivity contribution in [2.24, 2.45) is 5.92 Å². The number of nitrogens with zero attached hydrogens (tertiary/aromatic N) is 1. The minimum Gasteiger partial charge on any atom is -0.393 e. The highest BCUT2D eigenvalue weighted by atomic mass is 16.2. The Morgan fingerprint density at radius 1 is 1.53 bits per heavy atom. The first-order chi connectivity index (χ1) is 7.04. The lowest BCUT2D eigenvalue weighted by molar-refractivity contribution is 0.434. The molecular weight excluding hydrogens is 194 g/mol. The number of aromatic amines is 1. The number of hydrogen-bond donors (Lipinski definition) is 2. The van der Waals surface area contributed by atoms with Gasteiger partial charge in [-0.25, -0.2) is 4.79 Å². The first kappa shape index (κ1) is 11.6. The summed E-state index contributed by atoms with van der Waals surface area (Å²) in [6.45, 7) is 4.76. The molecule has 0 aliphatic rings. The van der Waals surface area contributed by atoms with Gasteiger partial charge in [0, 0.05) is 12.7 Å². The van der Waals surface area contributed by atoms with Crippen molar-refractivity contribution in [3.8, 4) is 0 Å². The number of nitrogen functional groups attached to an aromatic ring is 1. The van der Waals surface area contributed by atoms with E-state index in [-0.39, 0.29) is 5.69 Å². The maximum atomic E-state index is 11.4. The van der Waals surface area contributed by atoms with E-state index in [1.165, 1.54) is 10.8 Å². The molecule has 0 fully saturated rings. The zero-order valence-electron chi connectivity index (χ0n) is 9.12. The minimum atomic E-state index is -0.514. The Kier molecular flexibility index (Phi) is 3.71. The zero-order chi connectivity index (χ0) is 11.4. The van der Waals surface area contributed by atoms with Gasteiger partial charge < -0.3 is 5.73 Å². The molecular formula is C10H17N3O2. The van der Waals surface area contributed by atoms with E-state index < -0.39 is 11.2 Å². The normalized spacial score (nSPS) is 12.7. The summed E-state index contributed by atoms with van der Waals surface area (Å²) in [7, 11) is 0. The molecule has 0 aromatic carbocycles. The molecule has 1 unspecified atom stereocenters. The van der Waals surface area contributed by atoms with E-state index in [0.717, 1.165) is 12.8 Å². The fourth-order valence-electron chi connectivity index (χ4n) is 1.58. The minimum absolute atomic E-state index is 0.0818. The number of nitrogens with one attached hydrogen (secondary N) is 1. The Balaban J connectivity index is 2.91. The van der Waals surface area contributed by atoms with E-state index in [4.69, 9.17) is 5.73 Å². The summed E-state index contributed by atoms with van der Waals surface area (Å²) in [5, 5.41) is 0. The number of anilines is 1. The van der Waals surface area contributed by atoms with Crippen molar-refractivity contribution in [2.75, 3.05) is 5.73 Å². The van der Waals surface area contributed by atoms with Crippen LogP contribution in [0.1, 0.15) is 26.7 Å². The van der Waals surface area contributed by atoms with Crippen molar-refractivity contribution in [1.82, 2.24) is 9.55 Å². The first-order valence-corrected chi connectivity index (χ1v) is 5.13. The largest absolute Gasteiger partial charge is 0.393 e. The van der Waals surface area contributed by atoms with Crippen molar-refractivity contribution in [1.29, 1.82) is 0 Å². The highest BCUT2D eigenvalue weighted by Crippen LogP contribution is 2.06. The van der Waals surface area contributed by atoms with Crippen LogP contribution in [0.15, 0.2) is 15.8 Å². The number of nitrogens with two attached hydrogens (primary N) is 1. The van der Waals surface area contributed by atoms with E-state index in [2.05, 4.69) is 18.8 Å². The van der Waals surface area contributed by atoms with Gasteiger partial charge in [-0.2, -0.15) is 0 Å². The van der Waals surface area contributed by atoms with E-state index in [1.54, 1.807) is 0 Å². The molecule has 0 bridgehead atoms. The van der Waals surface area contributed by atoms with Crippen LogP contribution in [0.3, 0.4) is 0 Å². The summed E-state index contributed by atoms with van der Waals surface area (Å²) in [5.74, 6) is 0.401. The molecule has 0 aliphatic heterocycles. The molecule has 1 rings (SSSR count). The summed E-state index contributed by atoms with van der Waals surface area (Å²) < 4.78 is 1.46. The molecule has 0 aliphatic carbocycles. The number of aromatic nitrogens is 2. The molecule has 3 N–H and O–H groups in total. The van der Waals surface area contributed by atoms with Gasteiger partial charge in [-0.05, 0) is 12.3 Å². The molecule has 1 atom stereocenters. The highest BCUT2D eigenvalue weighted by molar-refractivity contribution is 5.30. The Bertz CT molecular complexity index is 433. The van der Waals surface area contributed by atoms with Gasteiger partial charge in [0.1, 0.15) is 5.69 Å². The van der Waals surface area contributed by atoms with Crippen LogP contribution in [0.25, 0.3) is 0 Å². The predicted molar refractivity (Wildman–Crippen MR) is 59.8 cm³/mol. The number of rotatable bonds is 4. The molecule has 0 saturated heterocycles. The van der Waals surface area contributed by atoms with Crippen molar-refractivity contribution in [2.45, 2.75) is 33.2 Å². The van der Waals surface area contributed by atoms with Crippen LogP contribution in [-0.2, 0) is 6.54 Å². The van der Waals surface area contributed by atoms with Crippen molar-refractivity contribution >= 4 is 5.69 Å². The van der Waals surface area contributed by atoms with Crippen molar-refractivity contribution in [3.63, 3.8) is 0 Å². The van der Waals surface area contributed by atoms with Crippen LogP contribution in [0.2, 0.25) is 0 Å². The van der Waals surface area contributed by atoms with Crippen LogP contribution in [0.4, 0.5) is 5.69 Å². The van der Waals surface area contributed by atoms with Crippen LogP contribution >= 0.6 is 0 Å². The third-order valence-electron chi connectivity index (χ3n) is 2.33. The summed E-state index contributed by atoms with van der Waals surface area (Å²) in [6.07, 6.45) is 3.54. The molecule has 5 heteroatoms. The lowest BCUT2D eigenvalue weighted by Gasteiger charge is -2.11. The van der Waals surface area contributed by atoms with E-state index in [9.17, 15) is 9.59 Å². The summed E-state index contributed by atoms with van der Waals surface area (Å²) in [6, 6.07) is 0. The topological polar surface area (TPSA) is 80.9 Å². The van der Waals surface area contributed by atoms with Crippen LogP contribution < -0.4 is 17.0 Å². The second kappa shape index (κ2) is 4.82. The molecule has 5 nitrogen and oxygen atoms in total. The van der Waals surface area contributed by atoms with E-state index >= 15 is 0 Å². The fraction of sp³-hybridized carbons (Fsp3) is 0.600. The first-order valence-electron chi connectivity index (χ1n) is 5.13. The third kappa shape index (κ3) is 2.97. The zero-order valence-corrected chi connectivity index (χ0v) is 9.12. The average Bonchev–Trinajstić information content (AvgIpc) is 2.14. The molecule has 0 radical (unpaired) electrons. The molecule has 0 amide bonds. The summed E-state index contributed by atoms with van der Waals surface area (Å²) in [4.78, 5) is 24.6. The van der Waals surface area contributed by atoms with Crippen LogP contribution in [0, 0.1) is 5.92 Å². The maximum Gasteiger partial charge on any atom is 0.328 e. The predicted octanol–water partition coefficient (Wildman–Crippen LogP) is 0.555. The average molecular weight is 211 g/mol. The highest BCUT2D eigenvalue weighted by Gasteiger charge is 2.05. The monoisotopic (exact) mass is 211 g/mol. The summed E-state index contributed by atoms with van der Waals surface area (Å²) >= 11 is 0. The molecule has 15 heavy (non-hydrogen) atoms. The second-order valence-corrected chi connectivity index (χ2v) is 3.89. The lowest BCUT2D eigenvalue weighted by Crippen LogP contribution is -2.32. The Morgan fingerprint density at radius 3 is 2.80 bits per heavy atom. The number of hydrogen-bond acceptors (Lipinski definition) is 3. The van der Waals surface area contributed by atoms with Gasteiger partial charge in [0.15, 0.2) is 0 Å². The maximum absolute atomic E-state index is 11.4. The second-order valence-electron chi connectivity index (χ2n) is 3.89. The van der Waals surface area contributed by atoms with Gasteiger partial charge in [-0.1, -0.05) is 20.3 Å². The Hall–Kier alpha value is -1.52. The van der Waals surface area contributed by atoms with E-state index in [0.29, 0.717) is 12.5 Å². The Morgan fingerprint density at radius 2 is 2.20 bits per heavy atom.